The first-order chi connectivity index (χ1) is 8.07. The first-order valence-electron chi connectivity index (χ1n) is 5.93. The zero-order valence-corrected chi connectivity index (χ0v) is 10.0. The molecule has 2 rings (SSSR count). The van der Waals surface area contributed by atoms with Crippen LogP contribution in [0.15, 0.2) is 12.1 Å². The quantitative estimate of drug-likeness (QED) is 0.834. The molecule has 0 aliphatic heterocycles. The fourth-order valence-corrected chi connectivity index (χ4v) is 2.54. The van der Waals surface area contributed by atoms with Crippen molar-refractivity contribution in [1.82, 2.24) is 0 Å². The maximum atomic E-state index is 14.0. The molecule has 1 aliphatic carbocycles. The lowest BCUT2D eigenvalue weighted by Gasteiger charge is -2.34. The fraction of sp³-hybridized carbons (Fsp3) is 0.538. The molecular formula is C13H18FNO2. The van der Waals surface area contributed by atoms with Gasteiger partial charge in [-0.2, -0.15) is 0 Å². The van der Waals surface area contributed by atoms with E-state index in [2.05, 4.69) is 0 Å². The molecule has 0 saturated heterocycles. The Morgan fingerprint density at radius 2 is 1.94 bits per heavy atom. The lowest BCUT2D eigenvalue weighted by Crippen LogP contribution is -2.39. The number of nitrogens with two attached hydrogens (primary N) is 1. The van der Waals surface area contributed by atoms with Gasteiger partial charge in [0.15, 0.2) is 11.5 Å². The Bertz CT molecular complexity index is 414. The number of hydrogen-bond acceptors (Lipinski definition) is 3. The molecule has 17 heavy (non-hydrogen) atoms. The van der Waals surface area contributed by atoms with Crippen molar-refractivity contribution < 1.29 is 14.2 Å². The van der Waals surface area contributed by atoms with Crippen LogP contribution in [-0.2, 0) is 5.54 Å². The minimum absolute atomic E-state index is 0.0562. The van der Waals surface area contributed by atoms with E-state index >= 15 is 0 Å². The van der Waals surface area contributed by atoms with Gasteiger partial charge in [-0.25, -0.2) is 4.39 Å². The summed E-state index contributed by atoms with van der Waals surface area (Å²) in [6.07, 6.45) is 4.67. The molecule has 4 heteroatoms. The third kappa shape index (κ3) is 2.22. The van der Waals surface area contributed by atoms with Gasteiger partial charge in [-0.3, -0.25) is 0 Å². The number of halogens is 1. The second-order valence-corrected chi connectivity index (χ2v) is 4.72. The van der Waals surface area contributed by atoms with Gasteiger partial charge in [-0.1, -0.05) is 19.3 Å². The lowest BCUT2D eigenvalue weighted by atomic mass is 9.77. The van der Waals surface area contributed by atoms with Crippen molar-refractivity contribution in [2.45, 2.75) is 37.6 Å². The highest BCUT2D eigenvalue weighted by Gasteiger charge is 2.32. The van der Waals surface area contributed by atoms with Crippen molar-refractivity contribution >= 4 is 0 Å². The van der Waals surface area contributed by atoms with Crippen LogP contribution in [0.1, 0.15) is 37.7 Å². The number of hydrogen-bond donors (Lipinski definition) is 2. The molecule has 1 saturated carbocycles. The summed E-state index contributed by atoms with van der Waals surface area (Å²) in [7, 11) is 1.40. The third-order valence-corrected chi connectivity index (χ3v) is 3.55. The summed E-state index contributed by atoms with van der Waals surface area (Å²) >= 11 is 0. The van der Waals surface area contributed by atoms with Crippen molar-refractivity contribution in [3.63, 3.8) is 0 Å². The number of phenols is 1. The van der Waals surface area contributed by atoms with E-state index in [1.807, 2.05) is 0 Å². The normalized spacial score (nSPS) is 19.0. The number of ether oxygens (including phenoxy) is 1. The summed E-state index contributed by atoms with van der Waals surface area (Å²) < 4.78 is 18.8. The molecule has 0 aromatic heterocycles. The predicted octanol–water partition coefficient (Wildman–Crippen LogP) is 2.66. The number of benzene rings is 1. The van der Waals surface area contributed by atoms with Crippen LogP contribution in [-0.4, -0.2) is 12.2 Å². The van der Waals surface area contributed by atoms with Gasteiger partial charge in [-0.05, 0) is 18.9 Å². The van der Waals surface area contributed by atoms with E-state index in [4.69, 9.17) is 10.5 Å². The van der Waals surface area contributed by atoms with E-state index in [0.717, 1.165) is 32.1 Å². The number of phenolic OH excluding ortho intramolecular Hbond substituents is 1. The van der Waals surface area contributed by atoms with Crippen LogP contribution in [0.3, 0.4) is 0 Å². The molecule has 0 amide bonds. The van der Waals surface area contributed by atoms with Crippen molar-refractivity contribution in [2.75, 3.05) is 7.11 Å². The summed E-state index contributed by atoms with van der Waals surface area (Å²) in [5.74, 6) is -0.311. The van der Waals surface area contributed by atoms with Gasteiger partial charge in [0, 0.05) is 17.2 Å². The van der Waals surface area contributed by atoms with Crippen molar-refractivity contribution in [2.24, 2.45) is 5.73 Å². The second kappa shape index (κ2) is 4.53. The molecule has 1 fully saturated rings. The lowest BCUT2D eigenvalue weighted by molar-refractivity contribution is 0.289. The molecule has 1 aliphatic rings. The van der Waals surface area contributed by atoms with Crippen LogP contribution in [0.25, 0.3) is 0 Å². The molecule has 3 N–H and O–H groups in total. The van der Waals surface area contributed by atoms with Crippen LogP contribution in [0, 0.1) is 5.82 Å². The Morgan fingerprint density at radius 1 is 1.29 bits per heavy atom. The molecule has 3 nitrogen and oxygen atoms in total. The average Bonchev–Trinajstić information content (AvgIpc) is 2.32. The SMILES string of the molecule is COc1cc(F)c(C2(N)CCCCC2)cc1O. The van der Waals surface area contributed by atoms with Gasteiger partial charge in [0.25, 0.3) is 0 Å². The van der Waals surface area contributed by atoms with E-state index in [1.165, 1.54) is 19.2 Å². The zero-order chi connectivity index (χ0) is 12.5. The van der Waals surface area contributed by atoms with Crippen LogP contribution in [0.2, 0.25) is 0 Å². The molecule has 0 spiro atoms. The smallest absolute Gasteiger partial charge is 0.163 e. The summed E-state index contributed by atoms with van der Waals surface area (Å²) in [6, 6.07) is 2.60. The van der Waals surface area contributed by atoms with Gasteiger partial charge in [0.05, 0.1) is 7.11 Å². The van der Waals surface area contributed by atoms with Gasteiger partial charge in [0.1, 0.15) is 5.82 Å². The van der Waals surface area contributed by atoms with Gasteiger partial charge < -0.3 is 15.6 Å². The van der Waals surface area contributed by atoms with Crippen molar-refractivity contribution in [1.29, 1.82) is 0 Å². The van der Waals surface area contributed by atoms with Crippen LogP contribution in [0.4, 0.5) is 4.39 Å². The third-order valence-electron chi connectivity index (χ3n) is 3.55. The molecular weight excluding hydrogens is 221 g/mol. The Kier molecular flexibility index (Phi) is 3.24. The van der Waals surface area contributed by atoms with E-state index in [1.54, 1.807) is 0 Å². The van der Waals surface area contributed by atoms with E-state index in [0.29, 0.717) is 5.56 Å². The fourth-order valence-electron chi connectivity index (χ4n) is 2.54. The number of aromatic hydroxyl groups is 1. The zero-order valence-electron chi connectivity index (χ0n) is 10.0. The van der Waals surface area contributed by atoms with Gasteiger partial charge >= 0.3 is 0 Å². The summed E-state index contributed by atoms with van der Waals surface area (Å²) in [6.45, 7) is 0. The van der Waals surface area contributed by atoms with Crippen molar-refractivity contribution in [3.8, 4) is 11.5 Å². The highest BCUT2D eigenvalue weighted by Crippen LogP contribution is 2.39. The van der Waals surface area contributed by atoms with E-state index in [9.17, 15) is 9.50 Å². The molecule has 0 bridgehead atoms. The maximum absolute atomic E-state index is 14.0. The Balaban J connectivity index is 2.41. The second-order valence-electron chi connectivity index (χ2n) is 4.72. The standard InChI is InChI=1S/C13H18FNO2/c1-17-12-8-10(14)9(7-11(12)16)13(15)5-3-2-4-6-13/h7-8,16H,2-6,15H2,1H3. The maximum Gasteiger partial charge on any atom is 0.163 e. The molecule has 0 heterocycles. The van der Waals surface area contributed by atoms with Crippen molar-refractivity contribution in [3.05, 3.63) is 23.5 Å². The predicted molar refractivity (Wildman–Crippen MR) is 63.6 cm³/mol. The Hall–Kier alpha value is -1.29. The topological polar surface area (TPSA) is 55.5 Å². The average molecular weight is 239 g/mol. The van der Waals surface area contributed by atoms with Crippen LogP contribution >= 0.6 is 0 Å². The molecule has 1 aromatic carbocycles. The summed E-state index contributed by atoms with van der Waals surface area (Å²) in [4.78, 5) is 0. The Labute approximate surface area is 100 Å². The monoisotopic (exact) mass is 239 g/mol. The van der Waals surface area contributed by atoms with Gasteiger partial charge in [-0.15, -0.1) is 0 Å². The first-order valence-corrected chi connectivity index (χ1v) is 5.93. The van der Waals surface area contributed by atoms with Crippen LogP contribution in [0.5, 0.6) is 11.5 Å². The minimum atomic E-state index is -0.647. The highest BCUT2D eigenvalue weighted by molar-refractivity contribution is 5.45. The minimum Gasteiger partial charge on any atom is -0.504 e. The molecule has 0 radical (unpaired) electrons. The molecule has 0 unspecified atom stereocenters. The highest BCUT2D eigenvalue weighted by atomic mass is 19.1. The Morgan fingerprint density at radius 3 is 2.53 bits per heavy atom. The molecule has 94 valence electrons. The number of rotatable bonds is 2. The van der Waals surface area contributed by atoms with E-state index < -0.39 is 11.4 Å². The molecule has 1 aromatic rings. The summed E-state index contributed by atoms with van der Waals surface area (Å²) in [5, 5.41) is 9.71. The first kappa shape index (κ1) is 12.2. The van der Waals surface area contributed by atoms with Crippen LogP contribution < -0.4 is 10.5 Å². The van der Waals surface area contributed by atoms with Gasteiger partial charge in [0.2, 0.25) is 0 Å². The van der Waals surface area contributed by atoms with E-state index in [-0.39, 0.29) is 11.5 Å². The number of methoxy groups -OCH3 is 1. The summed E-state index contributed by atoms with van der Waals surface area (Å²) in [5.41, 5.74) is 6.00. The molecule has 0 atom stereocenters. The largest absolute Gasteiger partial charge is 0.504 e.